The van der Waals surface area contributed by atoms with E-state index in [-0.39, 0.29) is 38.6 Å². The van der Waals surface area contributed by atoms with Crippen LogP contribution in [-0.4, -0.2) is 53.3 Å². The van der Waals surface area contributed by atoms with Crippen LogP contribution >= 0.6 is 0 Å². The zero-order chi connectivity index (χ0) is 15.7. The number of amides is 1. The minimum atomic E-state index is -0.984. The first kappa shape index (κ1) is 17.0. The molecule has 1 aromatic rings. The second kappa shape index (κ2) is 8.97. The van der Waals surface area contributed by atoms with Crippen LogP contribution in [0.4, 0.5) is 0 Å². The molecule has 0 saturated carbocycles. The van der Waals surface area contributed by atoms with Gasteiger partial charge in [0.25, 0.3) is 5.91 Å². The Morgan fingerprint density at radius 3 is 2.38 bits per heavy atom. The van der Waals surface area contributed by atoms with Crippen molar-refractivity contribution in [3.05, 3.63) is 29.8 Å². The first-order valence-electron chi connectivity index (χ1n) is 6.89. The van der Waals surface area contributed by atoms with E-state index in [1.807, 2.05) is 12.1 Å². The third kappa shape index (κ3) is 6.27. The van der Waals surface area contributed by atoms with Gasteiger partial charge in [-0.1, -0.05) is 19.1 Å². The fourth-order valence-electron chi connectivity index (χ4n) is 1.77. The van der Waals surface area contributed by atoms with Crippen molar-refractivity contribution in [2.45, 2.75) is 19.8 Å². The summed E-state index contributed by atoms with van der Waals surface area (Å²) in [6.45, 7) is 1.83. The van der Waals surface area contributed by atoms with E-state index in [2.05, 4.69) is 6.92 Å². The number of carbonyl (C=O) groups excluding carboxylic acids is 1. The second-order valence-corrected chi connectivity index (χ2v) is 4.53. The fraction of sp³-hybridized carbons (Fsp3) is 0.467. The molecule has 0 aliphatic carbocycles. The highest BCUT2D eigenvalue weighted by atomic mass is 16.5. The van der Waals surface area contributed by atoms with E-state index in [0.29, 0.717) is 5.75 Å². The SMILES string of the molecule is CCc1ccc(OCC(=O)N(CCO)CCC(=O)O)cc1. The predicted octanol–water partition coefficient (Wildman–Crippen LogP) is 0.923. The Labute approximate surface area is 124 Å². The monoisotopic (exact) mass is 295 g/mol. The molecule has 6 heteroatoms. The highest BCUT2D eigenvalue weighted by Gasteiger charge is 2.15. The topological polar surface area (TPSA) is 87.1 Å². The van der Waals surface area contributed by atoms with Gasteiger partial charge in [-0.3, -0.25) is 9.59 Å². The van der Waals surface area contributed by atoms with Crippen LogP contribution < -0.4 is 4.74 Å². The molecule has 0 atom stereocenters. The lowest BCUT2D eigenvalue weighted by Gasteiger charge is -2.21. The number of benzene rings is 1. The van der Waals surface area contributed by atoms with Gasteiger partial charge in [0.15, 0.2) is 6.61 Å². The Balaban J connectivity index is 2.49. The van der Waals surface area contributed by atoms with E-state index in [4.69, 9.17) is 14.9 Å². The number of carboxylic acids is 1. The molecular weight excluding hydrogens is 274 g/mol. The molecule has 21 heavy (non-hydrogen) atoms. The maximum absolute atomic E-state index is 11.9. The van der Waals surface area contributed by atoms with Crippen molar-refractivity contribution in [1.82, 2.24) is 4.90 Å². The summed E-state index contributed by atoms with van der Waals surface area (Å²) in [6, 6.07) is 7.44. The van der Waals surface area contributed by atoms with Crippen molar-refractivity contribution in [2.24, 2.45) is 0 Å². The Morgan fingerprint density at radius 1 is 1.19 bits per heavy atom. The van der Waals surface area contributed by atoms with E-state index < -0.39 is 5.97 Å². The van der Waals surface area contributed by atoms with E-state index >= 15 is 0 Å². The molecule has 1 rings (SSSR count). The normalized spacial score (nSPS) is 10.2. The van der Waals surface area contributed by atoms with Gasteiger partial charge in [-0.05, 0) is 24.1 Å². The average Bonchev–Trinajstić information content (AvgIpc) is 2.49. The number of aryl methyl sites for hydroxylation is 1. The van der Waals surface area contributed by atoms with Gasteiger partial charge in [0.1, 0.15) is 5.75 Å². The summed E-state index contributed by atoms with van der Waals surface area (Å²) in [5.41, 5.74) is 1.18. The van der Waals surface area contributed by atoms with Crippen molar-refractivity contribution in [2.75, 3.05) is 26.3 Å². The van der Waals surface area contributed by atoms with Crippen molar-refractivity contribution in [3.8, 4) is 5.75 Å². The zero-order valence-corrected chi connectivity index (χ0v) is 12.1. The van der Waals surface area contributed by atoms with Crippen molar-refractivity contribution >= 4 is 11.9 Å². The maximum Gasteiger partial charge on any atom is 0.305 e. The molecule has 0 heterocycles. The number of hydrogen-bond acceptors (Lipinski definition) is 4. The highest BCUT2D eigenvalue weighted by Crippen LogP contribution is 2.12. The van der Waals surface area contributed by atoms with Crippen molar-refractivity contribution < 1.29 is 24.5 Å². The molecule has 0 spiro atoms. The minimum absolute atomic E-state index is 0.0624. The molecule has 0 fully saturated rings. The third-order valence-electron chi connectivity index (χ3n) is 3.01. The van der Waals surface area contributed by atoms with Gasteiger partial charge in [0.05, 0.1) is 13.0 Å². The summed E-state index contributed by atoms with van der Waals surface area (Å²) in [5, 5.41) is 17.5. The summed E-state index contributed by atoms with van der Waals surface area (Å²) < 4.78 is 5.38. The zero-order valence-electron chi connectivity index (χ0n) is 12.1. The molecule has 1 amide bonds. The lowest BCUT2D eigenvalue weighted by Crippen LogP contribution is -2.38. The van der Waals surface area contributed by atoms with Crippen LogP contribution in [-0.2, 0) is 16.0 Å². The minimum Gasteiger partial charge on any atom is -0.484 e. The Bertz CT molecular complexity index is 458. The van der Waals surface area contributed by atoms with Crippen LogP contribution in [0.25, 0.3) is 0 Å². The molecule has 0 bridgehead atoms. The number of carbonyl (C=O) groups is 2. The number of carboxylic acid groups (broad SMARTS) is 1. The third-order valence-corrected chi connectivity index (χ3v) is 3.01. The fourth-order valence-corrected chi connectivity index (χ4v) is 1.77. The molecule has 0 aliphatic rings. The predicted molar refractivity (Wildman–Crippen MR) is 77.2 cm³/mol. The van der Waals surface area contributed by atoms with Crippen LogP contribution in [0.1, 0.15) is 18.9 Å². The number of aliphatic hydroxyl groups excluding tert-OH is 1. The van der Waals surface area contributed by atoms with Gasteiger partial charge in [-0.2, -0.15) is 0 Å². The van der Waals surface area contributed by atoms with Crippen LogP contribution in [0.2, 0.25) is 0 Å². The summed E-state index contributed by atoms with van der Waals surface area (Å²) in [5.74, 6) is -0.741. The molecule has 1 aromatic carbocycles. The molecular formula is C15H21NO5. The first-order chi connectivity index (χ1) is 10.1. The van der Waals surface area contributed by atoms with Crippen LogP contribution in [0, 0.1) is 0 Å². The Kier molecular flexibility index (Phi) is 7.25. The number of hydrogen-bond donors (Lipinski definition) is 2. The Hall–Kier alpha value is -2.08. The largest absolute Gasteiger partial charge is 0.484 e. The maximum atomic E-state index is 11.9. The van der Waals surface area contributed by atoms with Crippen LogP contribution in [0.5, 0.6) is 5.75 Å². The molecule has 0 unspecified atom stereocenters. The van der Waals surface area contributed by atoms with Crippen molar-refractivity contribution in [3.63, 3.8) is 0 Å². The molecule has 6 nitrogen and oxygen atoms in total. The molecule has 0 aliphatic heterocycles. The van der Waals surface area contributed by atoms with Gasteiger partial charge in [-0.25, -0.2) is 0 Å². The van der Waals surface area contributed by atoms with Gasteiger partial charge in [0, 0.05) is 13.1 Å². The second-order valence-electron chi connectivity index (χ2n) is 4.53. The average molecular weight is 295 g/mol. The summed E-state index contributed by atoms with van der Waals surface area (Å²) in [7, 11) is 0. The summed E-state index contributed by atoms with van der Waals surface area (Å²) >= 11 is 0. The lowest BCUT2D eigenvalue weighted by molar-refractivity contribution is -0.139. The van der Waals surface area contributed by atoms with Gasteiger partial charge >= 0.3 is 5.97 Å². The highest BCUT2D eigenvalue weighted by molar-refractivity contribution is 5.78. The number of rotatable bonds is 9. The molecule has 0 saturated heterocycles. The summed E-state index contributed by atoms with van der Waals surface area (Å²) in [6.07, 6.45) is 0.773. The number of aliphatic carboxylic acids is 1. The van der Waals surface area contributed by atoms with E-state index in [0.717, 1.165) is 6.42 Å². The van der Waals surface area contributed by atoms with E-state index in [1.54, 1.807) is 12.1 Å². The van der Waals surface area contributed by atoms with Gasteiger partial charge in [0.2, 0.25) is 0 Å². The quantitative estimate of drug-likeness (QED) is 0.707. The van der Waals surface area contributed by atoms with Gasteiger partial charge in [-0.15, -0.1) is 0 Å². The number of aliphatic hydroxyl groups is 1. The number of ether oxygens (including phenoxy) is 1. The van der Waals surface area contributed by atoms with Crippen molar-refractivity contribution in [1.29, 1.82) is 0 Å². The van der Waals surface area contributed by atoms with E-state index in [1.165, 1.54) is 10.5 Å². The van der Waals surface area contributed by atoms with Crippen LogP contribution in [0.3, 0.4) is 0 Å². The first-order valence-corrected chi connectivity index (χ1v) is 6.89. The molecule has 116 valence electrons. The van der Waals surface area contributed by atoms with Crippen LogP contribution in [0.15, 0.2) is 24.3 Å². The van der Waals surface area contributed by atoms with Gasteiger partial charge < -0.3 is 19.8 Å². The number of nitrogens with zero attached hydrogens (tertiary/aromatic N) is 1. The standard InChI is InChI=1S/C15H21NO5/c1-2-12-3-5-13(6-4-12)21-11-14(18)16(9-10-17)8-7-15(19)20/h3-6,17H,2,7-11H2,1H3,(H,19,20). The molecule has 0 aromatic heterocycles. The Morgan fingerprint density at radius 2 is 1.86 bits per heavy atom. The lowest BCUT2D eigenvalue weighted by atomic mass is 10.2. The smallest absolute Gasteiger partial charge is 0.305 e. The van der Waals surface area contributed by atoms with E-state index in [9.17, 15) is 9.59 Å². The molecule has 0 radical (unpaired) electrons. The molecule has 2 N–H and O–H groups in total. The summed E-state index contributed by atoms with van der Waals surface area (Å²) in [4.78, 5) is 23.8.